The van der Waals surface area contributed by atoms with Gasteiger partial charge in [-0.05, 0) is 68.0 Å². The number of hydrogen-bond acceptors (Lipinski definition) is 3. The van der Waals surface area contributed by atoms with Crippen molar-refractivity contribution in [3.8, 4) is 0 Å². The highest BCUT2D eigenvalue weighted by molar-refractivity contribution is 5.89. The van der Waals surface area contributed by atoms with Crippen LogP contribution in [0.25, 0.3) is 0 Å². The average Bonchev–Trinajstić information content (AvgIpc) is 2.78. The molecule has 0 saturated carbocycles. The molecule has 1 atom stereocenters. The van der Waals surface area contributed by atoms with Crippen LogP contribution in [0.1, 0.15) is 34.3 Å². The van der Waals surface area contributed by atoms with Crippen molar-refractivity contribution in [3.05, 3.63) is 34.9 Å². The Balaban J connectivity index is 1.88. The van der Waals surface area contributed by atoms with Crippen LogP contribution in [-0.4, -0.2) is 38.1 Å². The Kier molecular flexibility index (Phi) is 3.09. The second-order valence-corrected chi connectivity index (χ2v) is 6.14. The molecule has 0 radical (unpaired) electrons. The molecule has 102 valence electrons. The SMILES string of the molecule is COC(=O)c1ccc2c(c1)C[C@@]1(CC2)CCN(C)C1. The molecule has 2 aliphatic rings. The fourth-order valence-corrected chi connectivity index (χ4v) is 3.68. The van der Waals surface area contributed by atoms with E-state index in [9.17, 15) is 4.79 Å². The molecule has 1 aliphatic carbocycles. The zero-order chi connectivity index (χ0) is 13.5. The maximum Gasteiger partial charge on any atom is 0.337 e. The minimum atomic E-state index is -0.231. The first-order valence-electron chi connectivity index (χ1n) is 7.01. The van der Waals surface area contributed by atoms with Gasteiger partial charge in [-0.1, -0.05) is 6.07 Å². The van der Waals surface area contributed by atoms with Crippen molar-refractivity contribution in [2.75, 3.05) is 27.2 Å². The van der Waals surface area contributed by atoms with Crippen LogP contribution in [0.3, 0.4) is 0 Å². The van der Waals surface area contributed by atoms with Gasteiger partial charge in [-0.15, -0.1) is 0 Å². The number of carbonyl (C=O) groups excluding carboxylic acids is 1. The number of fused-ring (bicyclic) bond motifs is 1. The van der Waals surface area contributed by atoms with Crippen molar-refractivity contribution >= 4 is 5.97 Å². The maximum absolute atomic E-state index is 11.6. The van der Waals surface area contributed by atoms with Crippen LogP contribution in [0, 0.1) is 5.41 Å². The van der Waals surface area contributed by atoms with Gasteiger partial charge in [0, 0.05) is 6.54 Å². The number of benzene rings is 1. The third-order valence-corrected chi connectivity index (χ3v) is 4.75. The van der Waals surface area contributed by atoms with E-state index in [0.29, 0.717) is 11.0 Å². The fraction of sp³-hybridized carbons (Fsp3) is 0.562. The number of aryl methyl sites for hydroxylation is 1. The normalized spacial score (nSPS) is 26.4. The minimum absolute atomic E-state index is 0.231. The van der Waals surface area contributed by atoms with Gasteiger partial charge in [-0.2, -0.15) is 0 Å². The summed E-state index contributed by atoms with van der Waals surface area (Å²) in [6.07, 6.45) is 4.81. The minimum Gasteiger partial charge on any atom is -0.465 e. The molecule has 0 unspecified atom stereocenters. The van der Waals surface area contributed by atoms with Gasteiger partial charge in [-0.3, -0.25) is 0 Å². The molecule has 3 heteroatoms. The predicted octanol–water partition coefficient (Wildman–Crippen LogP) is 2.28. The van der Waals surface area contributed by atoms with Crippen molar-refractivity contribution < 1.29 is 9.53 Å². The van der Waals surface area contributed by atoms with E-state index in [4.69, 9.17) is 4.74 Å². The molecule has 0 bridgehead atoms. The van der Waals surface area contributed by atoms with Gasteiger partial charge in [-0.25, -0.2) is 4.79 Å². The lowest BCUT2D eigenvalue weighted by molar-refractivity contribution is 0.0600. The number of methoxy groups -OCH3 is 1. The lowest BCUT2D eigenvalue weighted by Crippen LogP contribution is -2.31. The smallest absolute Gasteiger partial charge is 0.337 e. The molecule has 19 heavy (non-hydrogen) atoms. The predicted molar refractivity (Wildman–Crippen MR) is 74.4 cm³/mol. The average molecular weight is 259 g/mol. The highest BCUT2D eigenvalue weighted by Crippen LogP contribution is 2.42. The van der Waals surface area contributed by atoms with E-state index in [1.54, 1.807) is 0 Å². The molecule has 3 nitrogen and oxygen atoms in total. The maximum atomic E-state index is 11.6. The van der Waals surface area contributed by atoms with Gasteiger partial charge in [0.25, 0.3) is 0 Å². The second-order valence-electron chi connectivity index (χ2n) is 6.14. The third-order valence-electron chi connectivity index (χ3n) is 4.75. The van der Waals surface area contributed by atoms with Crippen molar-refractivity contribution in [1.29, 1.82) is 0 Å². The molecule has 0 aromatic heterocycles. The van der Waals surface area contributed by atoms with Gasteiger partial charge in [0.2, 0.25) is 0 Å². The number of ether oxygens (including phenoxy) is 1. The summed E-state index contributed by atoms with van der Waals surface area (Å²) in [4.78, 5) is 14.1. The van der Waals surface area contributed by atoms with E-state index in [2.05, 4.69) is 18.0 Å². The van der Waals surface area contributed by atoms with Crippen LogP contribution < -0.4 is 0 Å². The summed E-state index contributed by atoms with van der Waals surface area (Å²) in [5.41, 5.74) is 3.89. The van der Waals surface area contributed by atoms with Crippen molar-refractivity contribution in [2.45, 2.75) is 25.7 Å². The Hall–Kier alpha value is -1.35. The first-order valence-corrected chi connectivity index (χ1v) is 7.01. The Morgan fingerprint density at radius 1 is 1.32 bits per heavy atom. The van der Waals surface area contributed by atoms with Crippen LogP contribution in [0.2, 0.25) is 0 Å². The summed E-state index contributed by atoms with van der Waals surface area (Å²) in [5.74, 6) is -0.231. The molecule has 1 saturated heterocycles. The molecular weight excluding hydrogens is 238 g/mol. The second kappa shape index (κ2) is 4.64. The Labute approximate surface area is 114 Å². The van der Waals surface area contributed by atoms with Gasteiger partial charge >= 0.3 is 5.97 Å². The number of rotatable bonds is 1. The fourth-order valence-electron chi connectivity index (χ4n) is 3.68. The van der Waals surface area contributed by atoms with E-state index in [-0.39, 0.29) is 5.97 Å². The molecular formula is C16H21NO2. The molecule has 1 aromatic rings. The van der Waals surface area contributed by atoms with Gasteiger partial charge in [0.05, 0.1) is 12.7 Å². The largest absolute Gasteiger partial charge is 0.465 e. The molecule has 1 fully saturated rings. The third kappa shape index (κ3) is 2.27. The van der Waals surface area contributed by atoms with E-state index < -0.39 is 0 Å². The number of nitrogens with zero attached hydrogens (tertiary/aromatic N) is 1. The van der Waals surface area contributed by atoms with Crippen LogP contribution >= 0.6 is 0 Å². The van der Waals surface area contributed by atoms with Crippen LogP contribution in [0.4, 0.5) is 0 Å². The van der Waals surface area contributed by atoms with E-state index in [1.165, 1.54) is 44.2 Å². The summed E-state index contributed by atoms with van der Waals surface area (Å²) >= 11 is 0. The summed E-state index contributed by atoms with van der Waals surface area (Å²) in [6.45, 7) is 2.39. The van der Waals surface area contributed by atoms with Crippen LogP contribution in [-0.2, 0) is 17.6 Å². The summed E-state index contributed by atoms with van der Waals surface area (Å²) in [5, 5.41) is 0. The van der Waals surface area contributed by atoms with E-state index in [1.807, 2.05) is 12.1 Å². The van der Waals surface area contributed by atoms with Gasteiger partial charge in [0.1, 0.15) is 0 Å². The van der Waals surface area contributed by atoms with Crippen molar-refractivity contribution in [3.63, 3.8) is 0 Å². The number of esters is 1. The molecule has 3 rings (SSSR count). The van der Waals surface area contributed by atoms with Crippen LogP contribution in [0.15, 0.2) is 18.2 Å². The Bertz CT molecular complexity index is 511. The lowest BCUT2D eigenvalue weighted by atomic mass is 9.71. The molecule has 1 spiro atoms. The number of carbonyl (C=O) groups is 1. The summed E-state index contributed by atoms with van der Waals surface area (Å²) in [6, 6.07) is 6.04. The Morgan fingerprint density at radius 2 is 2.16 bits per heavy atom. The lowest BCUT2D eigenvalue weighted by Gasteiger charge is -2.34. The van der Waals surface area contributed by atoms with E-state index in [0.717, 1.165) is 12.8 Å². The number of likely N-dealkylation sites (tertiary alicyclic amines) is 1. The molecule has 1 heterocycles. The molecule has 0 N–H and O–H groups in total. The molecule has 0 amide bonds. The monoisotopic (exact) mass is 259 g/mol. The topological polar surface area (TPSA) is 29.5 Å². The summed E-state index contributed by atoms with van der Waals surface area (Å²) in [7, 11) is 3.64. The zero-order valence-electron chi connectivity index (χ0n) is 11.7. The first-order chi connectivity index (χ1) is 9.12. The van der Waals surface area contributed by atoms with Gasteiger partial charge in [0.15, 0.2) is 0 Å². The quantitative estimate of drug-likeness (QED) is 0.725. The van der Waals surface area contributed by atoms with Crippen molar-refractivity contribution in [1.82, 2.24) is 4.90 Å². The first kappa shape index (κ1) is 12.7. The highest BCUT2D eigenvalue weighted by atomic mass is 16.5. The number of hydrogen-bond donors (Lipinski definition) is 0. The van der Waals surface area contributed by atoms with Crippen molar-refractivity contribution in [2.24, 2.45) is 5.41 Å². The molecule has 1 aliphatic heterocycles. The zero-order valence-corrected chi connectivity index (χ0v) is 11.7. The summed E-state index contributed by atoms with van der Waals surface area (Å²) < 4.78 is 4.81. The standard InChI is InChI=1S/C16H21NO2/c1-17-8-7-16(11-17)6-5-12-3-4-13(15(18)19-2)9-14(12)10-16/h3-4,9H,5-8,10-11H2,1-2H3/t16-/m1/s1. The Morgan fingerprint density at radius 3 is 2.84 bits per heavy atom. The van der Waals surface area contributed by atoms with E-state index >= 15 is 0 Å². The van der Waals surface area contributed by atoms with Gasteiger partial charge < -0.3 is 9.64 Å². The highest BCUT2D eigenvalue weighted by Gasteiger charge is 2.39. The van der Waals surface area contributed by atoms with Crippen LogP contribution in [0.5, 0.6) is 0 Å². The molecule has 1 aromatic carbocycles.